The highest BCUT2D eigenvalue weighted by Gasteiger charge is 2.53. The van der Waals surface area contributed by atoms with Crippen molar-refractivity contribution in [1.82, 2.24) is 0 Å². The Morgan fingerprint density at radius 3 is 1.27 bits per heavy atom. The molecule has 4 fully saturated rings. The summed E-state index contributed by atoms with van der Waals surface area (Å²) in [5, 5.41) is 131. The molecular formula is C24H42O20. The van der Waals surface area contributed by atoms with Crippen LogP contribution in [0.15, 0.2) is 0 Å². The van der Waals surface area contributed by atoms with Crippen LogP contribution in [0.25, 0.3) is 0 Å². The number of rotatable bonds is 10. The van der Waals surface area contributed by atoms with Gasteiger partial charge in [0, 0.05) is 6.42 Å². The maximum Gasteiger partial charge on any atom is 0.189 e. The van der Waals surface area contributed by atoms with Crippen LogP contribution in [0.1, 0.15) is 6.42 Å². The Balaban J connectivity index is 1.39. The molecule has 0 aromatic rings. The minimum absolute atomic E-state index is 0.381. The molecule has 0 bridgehead atoms. The predicted octanol–water partition coefficient (Wildman–Crippen LogP) is -8.72. The van der Waals surface area contributed by atoms with E-state index in [0.29, 0.717) is 0 Å². The fraction of sp³-hybridized carbons (Fsp3) is 1.00. The zero-order chi connectivity index (χ0) is 32.5. The Labute approximate surface area is 249 Å². The third-order valence-corrected chi connectivity index (χ3v) is 8.07. The Morgan fingerprint density at radius 2 is 0.795 bits per heavy atom. The van der Waals surface area contributed by atoms with Gasteiger partial charge in [-0.1, -0.05) is 0 Å². The molecule has 0 spiro atoms. The Morgan fingerprint density at radius 1 is 0.409 bits per heavy atom. The summed E-state index contributed by atoms with van der Waals surface area (Å²) in [4.78, 5) is 0. The van der Waals surface area contributed by atoms with Crippen LogP contribution in [0.2, 0.25) is 0 Å². The van der Waals surface area contributed by atoms with Crippen LogP contribution in [0.3, 0.4) is 0 Å². The number of hydrogen-bond acceptors (Lipinski definition) is 20. The van der Waals surface area contributed by atoms with Crippen molar-refractivity contribution in [2.75, 3.05) is 26.4 Å². The lowest BCUT2D eigenvalue weighted by molar-refractivity contribution is -0.384. The molecule has 258 valence electrons. The van der Waals surface area contributed by atoms with Crippen molar-refractivity contribution in [2.24, 2.45) is 0 Å². The predicted molar refractivity (Wildman–Crippen MR) is 132 cm³/mol. The zero-order valence-electron chi connectivity index (χ0n) is 23.2. The summed E-state index contributed by atoms with van der Waals surface area (Å²) in [5.74, 6) is 0. The van der Waals surface area contributed by atoms with E-state index in [1.165, 1.54) is 0 Å². The van der Waals surface area contributed by atoms with Crippen molar-refractivity contribution in [3.05, 3.63) is 0 Å². The molecule has 0 aromatic carbocycles. The van der Waals surface area contributed by atoms with E-state index in [4.69, 9.17) is 33.2 Å². The van der Waals surface area contributed by atoms with Crippen LogP contribution in [-0.4, -0.2) is 210 Å². The maximum atomic E-state index is 10.8. The fourth-order valence-electron chi connectivity index (χ4n) is 5.47. The molecule has 0 unspecified atom stereocenters. The van der Waals surface area contributed by atoms with E-state index in [1.807, 2.05) is 0 Å². The summed E-state index contributed by atoms with van der Waals surface area (Å²) in [6, 6.07) is 0. The van der Waals surface area contributed by atoms with Gasteiger partial charge in [-0.3, -0.25) is 0 Å². The minimum Gasteiger partial charge on any atom is -0.394 e. The van der Waals surface area contributed by atoms with E-state index in [1.54, 1.807) is 0 Å². The van der Waals surface area contributed by atoms with Crippen LogP contribution in [0, 0.1) is 0 Å². The lowest BCUT2D eigenvalue weighted by atomic mass is 9.96. The molecular weight excluding hydrogens is 608 g/mol. The molecule has 0 aromatic heterocycles. The van der Waals surface area contributed by atoms with Crippen LogP contribution in [-0.2, 0) is 33.2 Å². The lowest BCUT2D eigenvalue weighted by Crippen LogP contribution is -2.65. The first-order valence-electron chi connectivity index (χ1n) is 14.0. The molecule has 0 amide bonds. The Kier molecular flexibility index (Phi) is 12.6. The van der Waals surface area contributed by atoms with Crippen molar-refractivity contribution in [2.45, 2.75) is 123 Å². The van der Waals surface area contributed by atoms with Gasteiger partial charge in [0.25, 0.3) is 0 Å². The normalized spacial score (nSPS) is 52.2. The first-order chi connectivity index (χ1) is 20.9. The second-order valence-electron chi connectivity index (χ2n) is 11.0. The summed E-state index contributed by atoms with van der Waals surface area (Å²) in [6.07, 6.45) is -31.1. The van der Waals surface area contributed by atoms with Crippen molar-refractivity contribution < 1.29 is 99.5 Å². The topological polar surface area (TPSA) is 328 Å². The summed E-state index contributed by atoms with van der Waals surface area (Å²) >= 11 is 0. The molecule has 4 heterocycles. The van der Waals surface area contributed by atoms with Crippen molar-refractivity contribution in [3.8, 4) is 0 Å². The van der Waals surface area contributed by atoms with Gasteiger partial charge < -0.3 is 99.5 Å². The average Bonchev–Trinajstić information content (AvgIpc) is 3.01. The van der Waals surface area contributed by atoms with Crippen LogP contribution >= 0.6 is 0 Å². The van der Waals surface area contributed by atoms with Crippen LogP contribution in [0.5, 0.6) is 0 Å². The average molecular weight is 651 g/mol. The highest BCUT2D eigenvalue weighted by atomic mass is 16.8. The second-order valence-corrected chi connectivity index (χ2v) is 11.0. The van der Waals surface area contributed by atoms with Gasteiger partial charge in [-0.25, -0.2) is 0 Å². The second kappa shape index (κ2) is 15.4. The SMILES string of the molecule is OC[C@H]1O[C@H](O[C@@H]2C[C@@H](O)[C@H](O[C@@H]3O[C@H](CO)[C@@H](O[C@H]4O[C@H](CO)[C@@H](O)[C@H](O)[C@H]4O)[C@H](O)[C@H]3O)[C@@H](CO)O2)[C@H](O)[C@@H](O)[C@@H]1O. The van der Waals surface area contributed by atoms with Gasteiger partial charge in [-0.15, -0.1) is 0 Å². The Hall–Kier alpha value is -0.800. The molecule has 44 heavy (non-hydrogen) atoms. The molecule has 4 saturated heterocycles. The van der Waals surface area contributed by atoms with E-state index < -0.39 is 143 Å². The quantitative estimate of drug-likeness (QED) is 0.104. The summed E-state index contributed by atoms with van der Waals surface area (Å²) < 4.78 is 38.3. The van der Waals surface area contributed by atoms with Gasteiger partial charge in [0.2, 0.25) is 0 Å². The highest BCUT2D eigenvalue weighted by Crippen LogP contribution is 2.33. The number of hydrogen-bond donors (Lipinski definition) is 13. The maximum absolute atomic E-state index is 10.8. The van der Waals surface area contributed by atoms with E-state index in [-0.39, 0.29) is 6.42 Å². The minimum atomic E-state index is -1.93. The molecule has 19 atom stereocenters. The third kappa shape index (κ3) is 7.35. The highest BCUT2D eigenvalue weighted by molar-refractivity contribution is 4.95. The van der Waals surface area contributed by atoms with Gasteiger partial charge in [0.05, 0.1) is 32.5 Å². The molecule has 0 saturated carbocycles. The van der Waals surface area contributed by atoms with Crippen molar-refractivity contribution in [3.63, 3.8) is 0 Å². The molecule has 0 aliphatic carbocycles. The first kappa shape index (κ1) is 36.0. The standard InChI is InChI=1S/C24H42O20/c25-2-7-12(30)14(32)17(35)22(39-7)42-11-1-6(29)20(9(4-27)38-11)43-24-19(37)16(34)21(10(5-28)41-24)44-23-18(36)15(33)13(31)8(3-26)40-23/h6-37H,1-5H2/t6-,7-,8-,9-,10-,11-,12-,13-,14+,15+,16-,17-,18-,19-,20+,21-,22-,23-,24+/m1/s1. The smallest absolute Gasteiger partial charge is 0.189 e. The molecule has 20 heteroatoms. The number of ether oxygens (including phenoxy) is 7. The molecule has 4 aliphatic rings. The molecule has 0 radical (unpaired) electrons. The largest absolute Gasteiger partial charge is 0.394 e. The van der Waals surface area contributed by atoms with E-state index >= 15 is 0 Å². The van der Waals surface area contributed by atoms with Gasteiger partial charge in [0.1, 0.15) is 85.5 Å². The van der Waals surface area contributed by atoms with E-state index in [2.05, 4.69) is 0 Å². The van der Waals surface area contributed by atoms with Gasteiger partial charge in [-0.05, 0) is 0 Å². The fourth-order valence-corrected chi connectivity index (χ4v) is 5.47. The zero-order valence-corrected chi connectivity index (χ0v) is 23.2. The number of aliphatic hydroxyl groups excluding tert-OH is 13. The monoisotopic (exact) mass is 650 g/mol. The molecule has 20 nitrogen and oxygen atoms in total. The lowest BCUT2D eigenvalue weighted by Gasteiger charge is -2.48. The van der Waals surface area contributed by atoms with Gasteiger partial charge in [0.15, 0.2) is 25.2 Å². The van der Waals surface area contributed by atoms with Gasteiger partial charge >= 0.3 is 0 Å². The third-order valence-electron chi connectivity index (χ3n) is 8.07. The molecule has 4 rings (SSSR count). The van der Waals surface area contributed by atoms with E-state index in [0.717, 1.165) is 0 Å². The van der Waals surface area contributed by atoms with Crippen molar-refractivity contribution >= 4 is 0 Å². The van der Waals surface area contributed by atoms with Gasteiger partial charge in [-0.2, -0.15) is 0 Å². The van der Waals surface area contributed by atoms with Crippen LogP contribution in [0.4, 0.5) is 0 Å². The van der Waals surface area contributed by atoms with Crippen molar-refractivity contribution in [1.29, 1.82) is 0 Å². The summed E-state index contributed by atoms with van der Waals surface area (Å²) in [5.41, 5.74) is 0. The Bertz CT molecular complexity index is 881. The summed E-state index contributed by atoms with van der Waals surface area (Å²) in [6.45, 7) is -3.10. The first-order valence-corrected chi connectivity index (χ1v) is 14.0. The number of aliphatic hydroxyl groups is 13. The van der Waals surface area contributed by atoms with Crippen LogP contribution < -0.4 is 0 Å². The summed E-state index contributed by atoms with van der Waals surface area (Å²) in [7, 11) is 0. The molecule has 13 N–H and O–H groups in total. The molecule has 4 aliphatic heterocycles. The van der Waals surface area contributed by atoms with E-state index in [9.17, 15) is 66.4 Å².